The van der Waals surface area contributed by atoms with Crippen LogP contribution in [0.5, 0.6) is 0 Å². The Hall–Kier alpha value is -1.67. The Balaban J connectivity index is 2.12. The van der Waals surface area contributed by atoms with Crippen molar-refractivity contribution >= 4 is 5.69 Å². The molecule has 2 rings (SSSR count). The summed E-state index contributed by atoms with van der Waals surface area (Å²) in [4.78, 5) is 1.63. The van der Waals surface area contributed by atoms with Gasteiger partial charge in [0.15, 0.2) is 11.6 Å². The highest BCUT2D eigenvalue weighted by molar-refractivity contribution is 5.51. The Kier molecular flexibility index (Phi) is 4.33. The van der Waals surface area contributed by atoms with E-state index in [1.54, 1.807) is 18.0 Å². The van der Waals surface area contributed by atoms with E-state index in [0.29, 0.717) is 6.54 Å². The number of hydrogen-bond donors (Lipinski definition) is 0. The van der Waals surface area contributed by atoms with Gasteiger partial charge in [0.2, 0.25) is 0 Å². The molecule has 1 heterocycles. The van der Waals surface area contributed by atoms with Crippen LogP contribution in [0.3, 0.4) is 0 Å². The van der Waals surface area contributed by atoms with Crippen LogP contribution in [0, 0.1) is 23.0 Å². The number of ether oxygens (including phenoxy) is 1. The number of rotatable bonds is 3. The number of halogens is 2. The Morgan fingerprint density at radius 2 is 2.16 bits per heavy atom. The summed E-state index contributed by atoms with van der Waals surface area (Å²) >= 11 is 0. The molecule has 0 saturated carbocycles. The van der Waals surface area contributed by atoms with Gasteiger partial charge < -0.3 is 9.64 Å². The first kappa shape index (κ1) is 13.8. The van der Waals surface area contributed by atoms with E-state index in [1.165, 1.54) is 12.1 Å². The highest BCUT2D eigenvalue weighted by Crippen LogP contribution is 2.24. The van der Waals surface area contributed by atoms with Crippen molar-refractivity contribution in [1.29, 1.82) is 5.26 Å². The van der Waals surface area contributed by atoms with Crippen molar-refractivity contribution in [3.63, 3.8) is 0 Å². The van der Waals surface area contributed by atoms with E-state index in [4.69, 9.17) is 10.00 Å². The monoisotopic (exact) mass is 266 g/mol. The normalized spacial score (nSPS) is 18.9. The molecule has 0 spiro atoms. The number of anilines is 1. The third-order valence-corrected chi connectivity index (χ3v) is 3.35. The number of benzene rings is 1. The van der Waals surface area contributed by atoms with Crippen LogP contribution >= 0.6 is 0 Å². The zero-order valence-corrected chi connectivity index (χ0v) is 10.8. The summed E-state index contributed by atoms with van der Waals surface area (Å²) in [5, 5.41) is 8.64. The first-order valence-corrected chi connectivity index (χ1v) is 6.34. The van der Waals surface area contributed by atoms with E-state index in [-0.39, 0.29) is 17.4 Å². The van der Waals surface area contributed by atoms with Crippen molar-refractivity contribution in [3.8, 4) is 6.07 Å². The molecule has 1 unspecified atom stereocenters. The van der Waals surface area contributed by atoms with Gasteiger partial charge in [-0.25, -0.2) is 8.78 Å². The molecule has 1 saturated heterocycles. The highest BCUT2D eigenvalue weighted by atomic mass is 19.2. The Labute approximate surface area is 111 Å². The van der Waals surface area contributed by atoms with Crippen molar-refractivity contribution < 1.29 is 13.5 Å². The molecule has 1 aromatic carbocycles. The van der Waals surface area contributed by atoms with Gasteiger partial charge in [-0.2, -0.15) is 5.26 Å². The molecule has 102 valence electrons. The standard InChI is InChI=1S/C14H16F2N2O/c1-18(9-11-4-2-3-7-19-11)12-6-5-10(8-17)13(15)14(12)16/h5-6,11H,2-4,7,9H2,1H3. The summed E-state index contributed by atoms with van der Waals surface area (Å²) in [6, 6.07) is 4.35. The lowest BCUT2D eigenvalue weighted by Crippen LogP contribution is -2.33. The summed E-state index contributed by atoms with van der Waals surface area (Å²) < 4.78 is 33.0. The number of nitrogens with zero attached hydrogens (tertiary/aromatic N) is 2. The predicted molar refractivity (Wildman–Crippen MR) is 67.9 cm³/mol. The molecular formula is C14H16F2N2O. The van der Waals surface area contributed by atoms with Gasteiger partial charge in [0.05, 0.1) is 17.4 Å². The summed E-state index contributed by atoms with van der Waals surface area (Å²) in [5.74, 6) is -2.06. The van der Waals surface area contributed by atoms with Crippen molar-refractivity contribution in [2.24, 2.45) is 0 Å². The quantitative estimate of drug-likeness (QED) is 0.844. The minimum absolute atomic E-state index is 0.0526. The van der Waals surface area contributed by atoms with Crippen LogP contribution in [-0.2, 0) is 4.74 Å². The molecule has 1 aliphatic heterocycles. The zero-order valence-electron chi connectivity index (χ0n) is 10.8. The molecule has 1 atom stereocenters. The van der Waals surface area contributed by atoms with E-state index in [1.807, 2.05) is 0 Å². The largest absolute Gasteiger partial charge is 0.376 e. The van der Waals surface area contributed by atoms with Gasteiger partial charge in [-0.15, -0.1) is 0 Å². The second-order valence-corrected chi connectivity index (χ2v) is 4.74. The second-order valence-electron chi connectivity index (χ2n) is 4.74. The third kappa shape index (κ3) is 3.02. The van der Waals surface area contributed by atoms with Gasteiger partial charge in [-0.1, -0.05) is 0 Å². The van der Waals surface area contributed by atoms with Crippen molar-refractivity contribution in [2.45, 2.75) is 25.4 Å². The summed E-state index contributed by atoms with van der Waals surface area (Å²) in [5.41, 5.74) is -0.116. The fourth-order valence-corrected chi connectivity index (χ4v) is 2.28. The van der Waals surface area contributed by atoms with Gasteiger partial charge in [0.25, 0.3) is 0 Å². The first-order valence-electron chi connectivity index (χ1n) is 6.34. The Bertz CT molecular complexity index is 493. The van der Waals surface area contributed by atoms with Crippen LogP contribution in [-0.4, -0.2) is 26.3 Å². The SMILES string of the molecule is CN(CC1CCCCO1)c1ccc(C#N)c(F)c1F. The highest BCUT2D eigenvalue weighted by Gasteiger charge is 2.20. The lowest BCUT2D eigenvalue weighted by atomic mass is 10.1. The molecule has 1 aromatic rings. The zero-order chi connectivity index (χ0) is 13.8. The fourth-order valence-electron chi connectivity index (χ4n) is 2.28. The van der Waals surface area contributed by atoms with E-state index >= 15 is 0 Å². The first-order chi connectivity index (χ1) is 9.13. The second kappa shape index (κ2) is 5.98. The van der Waals surface area contributed by atoms with Crippen LogP contribution < -0.4 is 4.90 Å². The molecule has 0 N–H and O–H groups in total. The van der Waals surface area contributed by atoms with Crippen molar-refractivity contribution in [1.82, 2.24) is 0 Å². The van der Waals surface area contributed by atoms with E-state index < -0.39 is 11.6 Å². The fraction of sp³-hybridized carbons (Fsp3) is 0.500. The Morgan fingerprint density at radius 1 is 1.37 bits per heavy atom. The number of likely N-dealkylation sites (N-methyl/N-ethyl adjacent to an activating group) is 1. The maximum atomic E-state index is 13.8. The molecule has 19 heavy (non-hydrogen) atoms. The summed E-state index contributed by atoms with van der Waals surface area (Å²) in [6.45, 7) is 1.24. The molecule has 1 aliphatic rings. The minimum Gasteiger partial charge on any atom is -0.376 e. The van der Waals surface area contributed by atoms with Gasteiger partial charge in [-0.05, 0) is 31.4 Å². The van der Waals surface area contributed by atoms with Crippen LogP contribution in [0.2, 0.25) is 0 Å². The average Bonchev–Trinajstić information content (AvgIpc) is 2.42. The van der Waals surface area contributed by atoms with Gasteiger partial charge in [0.1, 0.15) is 6.07 Å². The molecule has 0 bridgehead atoms. The molecule has 3 nitrogen and oxygen atoms in total. The van der Waals surface area contributed by atoms with E-state index in [0.717, 1.165) is 25.9 Å². The van der Waals surface area contributed by atoms with Crippen molar-refractivity contribution in [3.05, 3.63) is 29.3 Å². The smallest absolute Gasteiger partial charge is 0.183 e. The lowest BCUT2D eigenvalue weighted by molar-refractivity contribution is 0.0215. The van der Waals surface area contributed by atoms with Gasteiger partial charge in [0, 0.05) is 20.2 Å². The maximum Gasteiger partial charge on any atom is 0.183 e. The van der Waals surface area contributed by atoms with Crippen LogP contribution in [0.1, 0.15) is 24.8 Å². The topological polar surface area (TPSA) is 36.3 Å². The summed E-state index contributed by atoms with van der Waals surface area (Å²) in [6.07, 6.45) is 3.14. The van der Waals surface area contributed by atoms with Crippen LogP contribution in [0.15, 0.2) is 12.1 Å². The molecule has 1 fully saturated rings. The lowest BCUT2D eigenvalue weighted by Gasteiger charge is -2.28. The van der Waals surface area contributed by atoms with Gasteiger partial charge in [-0.3, -0.25) is 0 Å². The molecule has 0 radical (unpaired) electrons. The minimum atomic E-state index is -1.09. The predicted octanol–water partition coefficient (Wildman–Crippen LogP) is 2.84. The maximum absolute atomic E-state index is 13.8. The number of hydrogen-bond acceptors (Lipinski definition) is 3. The van der Waals surface area contributed by atoms with E-state index in [2.05, 4.69) is 0 Å². The summed E-state index contributed by atoms with van der Waals surface area (Å²) in [7, 11) is 1.70. The number of nitriles is 1. The molecule has 0 aliphatic carbocycles. The van der Waals surface area contributed by atoms with Crippen molar-refractivity contribution in [2.75, 3.05) is 25.1 Å². The molecule has 5 heteroatoms. The van der Waals surface area contributed by atoms with Crippen LogP contribution in [0.4, 0.5) is 14.5 Å². The van der Waals surface area contributed by atoms with E-state index in [9.17, 15) is 8.78 Å². The van der Waals surface area contributed by atoms with Crippen LogP contribution in [0.25, 0.3) is 0 Å². The Morgan fingerprint density at radius 3 is 2.79 bits per heavy atom. The van der Waals surface area contributed by atoms with Gasteiger partial charge >= 0.3 is 0 Å². The average molecular weight is 266 g/mol. The molecular weight excluding hydrogens is 250 g/mol. The molecule has 0 amide bonds. The third-order valence-electron chi connectivity index (χ3n) is 3.35. The molecule has 0 aromatic heterocycles.